The van der Waals surface area contributed by atoms with Gasteiger partial charge in [-0.15, -0.1) is 11.3 Å². The first-order chi connectivity index (χ1) is 11.9. The molecular weight excluding hydrogens is 341 g/mol. The Bertz CT molecular complexity index is 761. The molecule has 2 amide bonds. The molecule has 2 rings (SSSR count). The van der Waals surface area contributed by atoms with Gasteiger partial charge in [0.25, 0.3) is 11.8 Å². The van der Waals surface area contributed by atoms with Gasteiger partial charge in [-0.05, 0) is 50.2 Å². The fourth-order valence-electron chi connectivity index (χ4n) is 2.33. The van der Waals surface area contributed by atoms with Crippen LogP contribution in [0.3, 0.4) is 0 Å². The first-order valence-electron chi connectivity index (χ1n) is 8.09. The summed E-state index contributed by atoms with van der Waals surface area (Å²) in [5.41, 5.74) is 1.02. The number of halogens is 1. The molecule has 1 atom stereocenters. The minimum Gasteiger partial charge on any atom is -0.350 e. The summed E-state index contributed by atoms with van der Waals surface area (Å²) in [5.74, 6) is -1.04. The minimum absolute atomic E-state index is 0.168. The number of nitrogens with one attached hydrogen (secondary N) is 3. The summed E-state index contributed by atoms with van der Waals surface area (Å²) in [6.45, 7) is 7.18. The number of thiophene rings is 1. The van der Waals surface area contributed by atoms with Gasteiger partial charge in [-0.1, -0.05) is 13.0 Å². The lowest BCUT2D eigenvalue weighted by Crippen LogP contribution is -2.38. The molecule has 2 aromatic rings. The number of amides is 2. The molecule has 0 saturated heterocycles. The molecule has 25 heavy (non-hydrogen) atoms. The number of carbonyl (C=O) groups excluding carboxylic acids is 2. The summed E-state index contributed by atoms with van der Waals surface area (Å²) in [7, 11) is 0. The highest BCUT2D eigenvalue weighted by molar-refractivity contribution is 7.18. The van der Waals surface area contributed by atoms with Crippen molar-refractivity contribution in [3.05, 3.63) is 52.2 Å². The maximum atomic E-state index is 13.2. The van der Waals surface area contributed by atoms with E-state index in [1.165, 1.54) is 35.6 Å². The van der Waals surface area contributed by atoms with Crippen molar-refractivity contribution in [2.75, 3.05) is 18.4 Å². The molecule has 0 bridgehead atoms. The predicted molar refractivity (Wildman–Crippen MR) is 98.9 cm³/mol. The second kappa shape index (κ2) is 8.73. The van der Waals surface area contributed by atoms with Gasteiger partial charge in [0.15, 0.2) is 0 Å². The third-order valence-corrected chi connectivity index (χ3v) is 4.72. The number of rotatable bonds is 7. The molecular formula is C18H22FN3O2S. The van der Waals surface area contributed by atoms with Gasteiger partial charge in [0, 0.05) is 18.2 Å². The molecule has 0 spiro atoms. The monoisotopic (exact) mass is 363 g/mol. The molecule has 1 aromatic heterocycles. The fraction of sp³-hybridized carbons (Fsp3) is 0.333. The van der Waals surface area contributed by atoms with E-state index >= 15 is 0 Å². The largest absolute Gasteiger partial charge is 0.350 e. The zero-order valence-electron chi connectivity index (χ0n) is 14.5. The molecule has 0 aliphatic carbocycles. The minimum atomic E-state index is -0.468. The Balaban J connectivity index is 2.01. The van der Waals surface area contributed by atoms with Gasteiger partial charge in [-0.3, -0.25) is 9.59 Å². The lowest BCUT2D eigenvalue weighted by atomic mass is 10.2. The van der Waals surface area contributed by atoms with Crippen LogP contribution in [0.25, 0.3) is 0 Å². The number of hydrogen-bond acceptors (Lipinski definition) is 4. The molecule has 0 fully saturated rings. The van der Waals surface area contributed by atoms with E-state index in [2.05, 4.69) is 16.0 Å². The van der Waals surface area contributed by atoms with Crippen LogP contribution in [0.15, 0.2) is 30.3 Å². The Kier molecular flexibility index (Phi) is 6.66. The van der Waals surface area contributed by atoms with E-state index in [-0.39, 0.29) is 17.5 Å². The van der Waals surface area contributed by atoms with Crippen LogP contribution in [-0.4, -0.2) is 30.9 Å². The quantitative estimate of drug-likeness (QED) is 0.708. The Hall–Kier alpha value is -2.25. The van der Waals surface area contributed by atoms with Gasteiger partial charge in [0.1, 0.15) is 5.82 Å². The van der Waals surface area contributed by atoms with Crippen LogP contribution in [0.5, 0.6) is 0 Å². The fourth-order valence-corrected chi connectivity index (χ4v) is 3.31. The summed E-state index contributed by atoms with van der Waals surface area (Å²) in [5, 5.41) is 9.36. The van der Waals surface area contributed by atoms with Crippen molar-refractivity contribution in [3.8, 4) is 0 Å². The van der Waals surface area contributed by atoms with E-state index in [0.29, 0.717) is 16.4 Å². The third kappa shape index (κ3) is 5.37. The van der Waals surface area contributed by atoms with Crippen LogP contribution >= 0.6 is 11.3 Å². The topological polar surface area (TPSA) is 70.2 Å². The number of likely N-dealkylation sites (N-methyl/N-ethyl adjacent to an activating group) is 1. The van der Waals surface area contributed by atoms with Crippen LogP contribution in [0.4, 0.5) is 9.39 Å². The van der Waals surface area contributed by atoms with Gasteiger partial charge >= 0.3 is 0 Å². The maximum Gasteiger partial charge on any atom is 0.261 e. The molecule has 7 heteroatoms. The molecule has 0 radical (unpaired) electrons. The summed E-state index contributed by atoms with van der Waals surface area (Å²) in [6.07, 6.45) is 0. The average molecular weight is 363 g/mol. The van der Waals surface area contributed by atoms with Crippen LogP contribution in [-0.2, 0) is 0 Å². The molecule has 0 aliphatic heterocycles. The predicted octanol–water partition coefficient (Wildman–Crippen LogP) is 3.18. The lowest BCUT2D eigenvalue weighted by molar-refractivity contribution is 0.0952. The molecule has 3 N–H and O–H groups in total. The van der Waals surface area contributed by atoms with Crippen LogP contribution in [0, 0.1) is 12.7 Å². The van der Waals surface area contributed by atoms with Crippen molar-refractivity contribution in [2.24, 2.45) is 0 Å². The van der Waals surface area contributed by atoms with Crippen molar-refractivity contribution in [1.82, 2.24) is 10.6 Å². The Labute approximate surface area is 150 Å². The highest BCUT2D eigenvalue weighted by atomic mass is 32.1. The summed E-state index contributed by atoms with van der Waals surface area (Å²) in [6, 6.07) is 7.39. The molecule has 1 heterocycles. The first-order valence-corrected chi connectivity index (χ1v) is 8.91. The van der Waals surface area contributed by atoms with Crippen molar-refractivity contribution < 1.29 is 14.0 Å². The van der Waals surface area contributed by atoms with Gasteiger partial charge < -0.3 is 16.0 Å². The maximum absolute atomic E-state index is 13.2. The number of aryl methyl sites for hydroxylation is 1. The highest BCUT2D eigenvalue weighted by Gasteiger charge is 2.16. The van der Waals surface area contributed by atoms with E-state index in [9.17, 15) is 14.0 Å². The molecule has 134 valence electrons. The Morgan fingerprint density at radius 3 is 2.68 bits per heavy atom. The van der Waals surface area contributed by atoms with Gasteiger partial charge in [-0.2, -0.15) is 0 Å². The Morgan fingerprint density at radius 2 is 2.00 bits per heavy atom. The Morgan fingerprint density at radius 1 is 1.24 bits per heavy atom. The standard InChI is InChI=1S/C18H22FN3O2S/c1-4-20-12(3)10-21-18(24)16-11(2)8-15(25-16)22-17(23)13-6-5-7-14(19)9-13/h5-9,12,20H,4,10H2,1-3H3,(H,21,24)(H,22,23)/t12-/m1/s1. The molecule has 5 nitrogen and oxygen atoms in total. The van der Waals surface area contributed by atoms with E-state index in [1.54, 1.807) is 6.07 Å². The molecule has 0 saturated carbocycles. The van der Waals surface area contributed by atoms with Crippen LogP contribution in [0.1, 0.15) is 39.4 Å². The second-order valence-corrected chi connectivity index (χ2v) is 6.81. The normalized spacial score (nSPS) is 11.8. The third-order valence-electron chi connectivity index (χ3n) is 3.57. The van der Waals surface area contributed by atoms with E-state index in [4.69, 9.17) is 0 Å². The molecule has 0 unspecified atom stereocenters. The number of carbonyl (C=O) groups is 2. The number of hydrogen-bond donors (Lipinski definition) is 3. The average Bonchev–Trinajstić information content (AvgIpc) is 2.93. The van der Waals surface area contributed by atoms with E-state index in [0.717, 1.165) is 12.1 Å². The lowest BCUT2D eigenvalue weighted by Gasteiger charge is -2.12. The van der Waals surface area contributed by atoms with Gasteiger partial charge in [-0.25, -0.2) is 4.39 Å². The SMILES string of the molecule is CCN[C@H](C)CNC(=O)c1sc(NC(=O)c2cccc(F)c2)cc1C. The van der Waals surface area contributed by atoms with E-state index in [1.807, 2.05) is 20.8 Å². The van der Waals surface area contributed by atoms with Crippen molar-refractivity contribution in [3.63, 3.8) is 0 Å². The van der Waals surface area contributed by atoms with Crippen molar-refractivity contribution >= 4 is 28.2 Å². The summed E-state index contributed by atoms with van der Waals surface area (Å²) >= 11 is 1.20. The molecule has 0 aliphatic rings. The van der Waals surface area contributed by atoms with Crippen LogP contribution in [0.2, 0.25) is 0 Å². The highest BCUT2D eigenvalue weighted by Crippen LogP contribution is 2.27. The second-order valence-electron chi connectivity index (χ2n) is 5.76. The van der Waals surface area contributed by atoms with Gasteiger partial charge in [0.2, 0.25) is 0 Å². The summed E-state index contributed by atoms with van der Waals surface area (Å²) in [4.78, 5) is 25.0. The number of anilines is 1. The zero-order chi connectivity index (χ0) is 18.4. The van der Waals surface area contributed by atoms with Gasteiger partial charge in [0.05, 0.1) is 9.88 Å². The smallest absolute Gasteiger partial charge is 0.261 e. The van der Waals surface area contributed by atoms with E-state index < -0.39 is 11.7 Å². The number of benzene rings is 1. The first kappa shape index (κ1) is 19.1. The zero-order valence-corrected chi connectivity index (χ0v) is 15.3. The summed E-state index contributed by atoms with van der Waals surface area (Å²) < 4.78 is 13.2. The molecule has 1 aromatic carbocycles. The van der Waals surface area contributed by atoms with Crippen molar-refractivity contribution in [1.29, 1.82) is 0 Å². The van der Waals surface area contributed by atoms with Crippen molar-refractivity contribution in [2.45, 2.75) is 26.8 Å². The van der Waals surface area contributed by atoms with Crippen LogP contribution < -0.4 is 16.0 Å².